The number of urea groups is 1. The molecule has 1 saturated heterocycles. The van der Waals surface area contributed by atoms with Gasteiger partial charge < -0.3 is 20.4 Å². The summed E-state index contributed by atoms with van der Waals surface area (Å²) in [7, 11) is 0. The van der Waals surface area contributed by atoms with Gasteiger partial charge in [0.2, 0.25) is 0 Å². The first kappa shape index (κ1) is 16.1. The first-order valence-corrected chi connectivity index (χ1v) is 7.41. The van der Waals surface area contributed by atoms with Gasteiger partial charge in [-0.3, -0.25) is 0 Å². The van der Waals surface area contributed by atoms with Crippen LogP contribution in [0, 0.1) is 6.92 Å². The number of carboxylic acids is 1. The number of hydrogen-bond donors (Lipinski definition) is 3. The number of nitrogens with one attached hydrogen (secondary N) is 1. The molecule has 1 aromatic carbocycles. The molecule has 1 aliphatic heterocycles. The summed E-state index contributed by atoms with van der Waals surface area (Å²) in [5, 5.41) is 21.7. The molecule has 0 aliphatic carbocycles. The summed E-state index contributed by atoms with van der Waals surface area (Å²) >= 11 is 9.33. The molecule has 0 radical (unpaired) electrons. The predicted octanol–water partition coefficient (Wildman–Crippen LogP) is 2.46. The van der Waals surface area contributed by atoms with E-state index in [4.69, 9.17) is 16.7 Å². The van der Waals surface area contributed by atoms with Crippen molar-refractivity contribution in [1.82, 2.24) is 4.90 Å². The van der Waals surface area contributed by atoms with E-state index in [1.165, 1.54) is 0 Å². The van der Waals surface area contributed by atoms with Crippen LogP contribution in [0.5, 0.6) is 0 Å². The Hall–Kier alpha value is -1.31. The van der Waals surface area contributed by atoms with Crippen LogP contribution in [0.15, 0.2) is 16.6 Å². The Morgan fingerprint density at radius 3 is 2.76 bits per heavy atom. The number of amides is 2. The fourth-order valence-electron chi connectivity index (χ4n) is 2.20. The predicted molar refractivity (Wildman–Crippen MR) is 81.7 cm³/mol. The van der Waals surface area contributed by atoms with Crippen molar-refractivity contribution in [1.29, 1.82) is 0 Å². The number of carboxylic acid groups (broad SMARTS) is 1. The zero-order chi connectivity index (χ0) is 15.7. The fraction of sp³-hybridized carbons (Fsp3) is 0.385. The normalized spacial score (nSPS) is 21.4. The molecular formula is C13H14BrClN2O4. The molecule has 0 spiro atoms. The SMILES string of the molecule is Cc1cc(Br)c(NC(=O)N2CC(O)C[C@H]2C(=O)O)cc1Cl. The lowest BCUT2D eigenvalue weighted by Gasteiger charge is -2.22. The summed E-state index contributed by atoms with van der Waals surface area (Å²) in [6.45, 7) is 1.82. The molecule has 0 saturated carbocycles. The molecule has 1 unspecified atom stereocenters. The summed E-state index contributed by atoms with van der Waals surface area (Å²) in [5.41, 5.74) is 1.29. The molecule has 2 atom stereocenters. The van der Waals surface area contributed by atoms with Crippen molar-refractivity contribution in [2.75, 3.05) is 11.9 Å². The van der Waals surface area contributed by atoms with E-state index in [0.717, 1.165) is 10.5 Å². The second-order valence-corrected chi connectivity index (χ2v) is 6.17. The number of anilines is 1. The molecule has 1 aliphatic rings. The Morgan fingerprint density at radius 2 is 2.14 bits per heavy atom. The summed E-state index contributed by atoms with van der Waals surface area (Å²) in [5.74, 6) is -1.14. The van der Waals surface area contributed by atoms with Crippen LogP contribution < -0.4 is 5.32 Å². The Morgan fingerprint density at radius 1 is 1.48 bits per heavy atom. The highest BCUT2D eigenvalue weighted by Gasteiger charge is 2.39. The van der Waals surface area contributed by atoms with Crippen LogP contribution in [0.3, 0.4) is 0 Å². The second-order valence-electron chi connectivity index (χ2n) is 4.91. The van der Waals surface area contributed by atoms with E-state index < -0.39 is 24.1 Å². The van der Waals surface area contributed by atoms with Crippen LogP contribution in [0.1, 0.15) is 12.0 Å². The lowest BCUT2D eigenvalue weighted by Crippen LogP contribution is -2.43. The van der Waals surface area contributed by atoms with Crippen molar-refractivity contribution >= 4 is 45.2 Å². The average molecular weight is 378 g/mol. The quantitative estimate of drug-likeness (QED) is 0.738. The van der Waals surface area contributed by atoms with Gasteiger partial charge in [0, 0.05) is 22.5 Å². The smallest absolute Gasteiger partial charge is 0.326 e. The molecule has 21 heavy (non-hydrogen) atoms. The van der Waals surface area contributed by atoms with E-state index in [0.29, 0.717) is 15.2 Å². The third kappa shape index (κ3) is 3.48. The number of aliphatic hydroxyl groups is 1. The molecule has 8 heteroatoms. The van der Waals surface area contributed by atoms with Crippen LogP contribution in [0.4, 0.5) is 10.5 Å². The topological polar surface area (TPSA) is 89.9 Å². The van der Waals surface area contributed by atoms with Crippen LogP contribution in [0.2, 0.25) is 5.02 Å². The molecule has 6 nitrogen and oxygen atoms in total. The van der Waals surface area contributed by atoms with E-state index in [-0.39, 0.29) is 13.0 Å². The van der Waals surface area contributed by atoms with Crippen molar-refractivity contribution in [2.24, 2.45) is 0 Å². The third-order valence-corrected chi connectivity index (χ3v) is 4.38. The highest BCUT2D eigenvalue weighted by Crippen LogP contribution is 2.30. The molecule has 2 amide bonds. The van der Waals surface area contributed by atoms with Crippen molar-refractivity contribution in [2.45, 2.75) is 25.5 Å². The molecule has 1 aromatic rings. The number of rotatable bonds is 2. The van der Waals surface area contributed by atoms with Gasteiger partial charge in [0.15, 0.2) is 0 Å². The second kappa shape index (κ2) is 6.21. The number of hydrogen-bond acceptors (Lipinski definition) is 3. The number of halogens is 2. The zero-order valence-electron chi connectivity index (χ0n) is 11.1. The van der Waals surface area contributed by atoms with Gasteiger partial charge in [-0.2, -0.15) is 0 Å². The van der Waals surface area contributed by atoms with Gasteiger partial charge in [-0.15, -0.1) is 0 Å². The first-order valence-electron chi connectivity index (χ1n) is 6.23. The summed E-state index contributed by atoms with van der Waals surface area (Å²) in [6, 6.07) is 1.73. The molecule has 114 valence electrons. The van der Waals surface area contributed by atoms with Gasteiger partial charge in [-0.1, -0.05) is 11.6 Å². The van der Waals surface area contributed by atoms with Crippen LogP contribution >= 0.6 is 27.5 Å². The minimum atomic E-state index is -1.14. The summed E-state index contributed by atoms with van der Waals surface area (Å²) in [6.07, 6.45) is -0.805. The standard InChI is InChI=1S/C13H14BrClN2O4/c1-6-2-8(14)10(4-9(6)15)16-13(21)17-5-7(18)3-11(17)12(19)20/h2,4,7,11,18H,3,5H2,1H3,(H,16,21)(H,19,20)/t7?,11-/m0/s1. The van der Waals surface area contributed by atoms with Gasteiger partial charge in [0.05, 0.1) is 11.8 Å². The Kier molecular flexibility index (Phi) is 4.75. The zero-order valence-corrected chi connectivity index (χ0v) is 13.5. The Labute approximate surface area is 134 Å². The van der Waals surface area contributed by atoms with Gasteiger partial charge >= 0.3 is 12.0 Å². The number of likely N-dealkylation sites (tertiary alicyclic amines) is 1. The minimum Gasteiger partial charge on any atom is -0.480 e. The minimum absolute atomic E-state index is 0.0139. The van der Waals surface area contributed by atoms with Crippen LogP contribution in [-0.4, -0.2) is 45.8 Å². The number of aryl methyl sites for hydroxylation is 1. The van der Waals surface area contributed by atoms with Crippen molar-refractivity contribution in [3.8, 4) is 0 Å². The highest BCUT2D eigenvalue weighted by molar-refractivity contribution is 9.10. The van der Waals surface area contributed by atoms with Gasteiger partial charge in [-0.05, 0) is 40.5 Å². The van der Waals surface area contributed by atoms with E-state index in [1.807, 2.05) is 6.92 Å². The van der Waals surface area contributed by atoms with E-state index in [1.54, 1.807) is 12.1 Å². The molecule has 0 bridgehead atoms. The fourth-order valence-corrected chi connectivity index (χ4v) is 2.92. The molecule has 0 aromatic heterocycles. The number of β-amino-alcohol motifs (C(OH)–C–C–N with tert-alkyl or cyclic N) is 1. The first-order chi connectivity index (χ1) is 9.79. The van der Waals surface area contributed by atoms with Crippen molar-refractivity contribution in [3.63, 3.8) is 0 Å². The van der Waals surface area contributed by atoms with Gasteiger partial charge in [-0.25, -0.2) is 9.59 Å². The van der Waals surface area contributed by atoms with Crippen LogP contribution in [-0.2, 0) is 4.79 Å². The van der Waals surface area contributed by atoms with E-state index >= 15 is 0 Å². The highest BCUT2D eigenvalue weighted by atomic mass is 79.9. The number of carbonyl (C=O) groups is 2. The van der Waals surface area contributed by atoms with E-state index in [9.17, 15) is 14.7 Å². The molecule has 2 rings (SSSR count). The lowest BCUT2D eigenvalue weighted by molar-refractivity contribution is -0.141. The number of benzene rings is 1. The maximum Gasteiger partial charge on any atom is 0.326 e. The number of aliphatic hydroxyl groups excluding tert-OH is 1. The number of aliphatic carboxylic acids is 1. The van der Waals surface area contributed by atoms with Gasteiger partial charge in [0.25, 0.3) is 0 Å². The molecule has 1 heterocycles. The molecule has 3 N–H and O–H groups in total. The Balaban J connectivity index is 2.18. The van der Waals surface area contributed by atoms with E-state index in [2.05, 4.69) is 21.2 Å². The largest absolute Gasteiger partial charge is 0.480 e. The summed E-state index contributed by atoms with van der Waals surface area (Å²) < 4.78 is 0.643. The van der Waals surface area contributed by atoms with Crippen molar-refractivity contribution < 1.29 is 19.8 Å². The number of carbonyl (C=O) groups excluding carboxylic acids is 1. The summed E-state index contributed by atoms with van der Waals surface area (Å²) in [4.78, 5) is 24.4. The maximum absolute atomic E-state index is 12.2. The lowest BCUT2D eigenvalue weighted by atomic mass is 10.2. The molecular weight excluding hydrogens is 364 g/mol. The third-order valence-electron chi connectivity index (χ3n) is 3.31. The average Bonchev–Trinajstić information content (AvgIpc) is 2.78. The van der Waals surface area contributed by atoms with Crippen LogP contribution in [0.25, 0.3) is 0 Å². The monoisotopic (exact) mass is 376 g/mol. The molecule has 1 fully saturated rings. The van der Waals surface area contributed by atoms with Crippen molar-refractivity contribution in [3.05, 3.63) is 27.2 Å². The van der Waals surface area contributed by atoms with Gasteiger partial charge in [0.1, 0.15) is 6.04 Å². The maximum atomic E-state index is 12.2. The number of nitrogens with zero attached hydrogens (tertiary/aromatic N) is 1. The Bertz CT molecular complexity index is 596.